The molecule has 1 amide bonds. The lowest BCUT2D eigenvalue weighted by Gasteiger charge is -2.16. The molecule has 0 spiro atoms. The molecule has 1 aromatic carbocycles. The van der Waals surface area contributed by atoms with Gasteiger partial charge in [-0.1, -0.05) is 18.2 Å². The van der Waals surface area contributed by atoms with E-state index in [4.69, 9.17) is 10.00 Å². The van der Waals surface area contributed by atoms with Gasteiger partial charge >= 0.3 is 0 Å². The standard InChI is InChI=1S/C13H17N3O2/c1-16(2)9-13(17)15-11(8-14)10-6-4-5-7-12(10)18-3/h4-7,11H,9H2,1-3H3,(H,15,17)/t11-/m0/s1. The van der Waals surface area contributed by atoms with Crippen molar-refractivity contribution in [1.29, 1.82) is 5.26 Å². The molecule has 0 aliphatic carbocycles. The van der Waals surface area contributed by atoms with Crippen LogP contribution in [0.15, 0.2) is 24.3 Å². The average Bonchev–Trinajstić information content (AvgIpc) is 2.35. The van der Waals surface area contributed by atoms with Crippen molar-refractivity contribution in [2.24, 2.45) is 0 Å². The SMILES string of the molecule is COc1ccccc1[C@H](C#N)NC(=O)CN(C)C. The predicted molar refractivity (Wildman–Crippen MR) is 68.0 cm³/mol. The molecule has 0 aromatic heterocycles. The molecular formula is C13H17N3O2. The number of ether oxygens (including phenoxy) is 1. The highest BCUT2D eigenvalue weighted by molar-refractivity contribution is 5.79. The molecule has 18 heavy (non-hydrogen) atoms. The summed E-state index contributed by atoms with van der Waals surface area (Å²) in [7, 11) is 5.13. The summed E-state index contributed by atoms with van der Waals surface area (Å²) in [6, 6.07) is 8.52. The Balaban J connectivity index is 2.84. The zero-order valence-electron chi connectivity index (χ0n) is 10.8. The third kappa shape index (κ3) is 3.75. The summed E-state index contributed by atoms with van der Waals surface area (Å²) in [6.07, 6.45) is 0. The third-order valence-electron chi connectivity index (χ3n) is 2.34. The van der Waals surface area contributed by atoms with E-state index in [-0.39, 0.29) is 12.5 Å². The number of methoxy groups -OCH3 is 1. The van der Waals surface area contributed by atoms with Gasteiger partial charge in [-0.3, -0.25) is 4.79 Å². The molecule has 0 radical (unpaired) electrons. The molecule has 1 atom stereocenters. The number of nitriles is 1. The van der Waals surface area contributed by atoms with Crippen LogP contribution in [0.3, 0.4) is 0 Å². The second-order valence-corrected chi connectivity index (χ2v) is 4.11. The highest BCUT2D eigenvalue weighted by atomic mass is 16.5. The Kier molecular flexibility index (Phi) is 5.15. The van der Waals surface area contributed by atoms with Crippen molar-refractivity contribution in [2.75, 3.05) is 27.7 Å². The Hall–Kier alpha value is -2.06. The first kappa shape index (κ1) is 14.0. The summed E-state index contributed by atoms with van der Waals surface area (Å²) in [5, 5.41) is 11.8. The summed E-state index contributed by atoms with van der Waals surface area (Å²) in [4.78, 5) is 13.4. The molecule has 0 saturated carbocycles. The molecule has 0 fully saturated rings. The summed E-state index contributed by atoms with van der Waals surface area (Å²) < 4.78 is 5.18. The Morgan fingerprint density at radius 1 is 1.50 bits per heavy atom. The zero-order valence-corrected chi connectivity index (χ0v) is 10.8. The summed E-state index contributed by atoms with van der Waals surface area (Å²) in [5.41, 5.74) is 0.662. The highest BCUT2D eigenvalue weighted by Crippen LogP contribution is 2.24. The van der Waals surface area contributed by atoms with E-state index in [1.165, 1.54) is 7.11 Å². The molecule has 0 aliphatic rings. The number of nitrogens with zero attached hydrogens (tertiary/aromatic N) is 2. The second kappa shape index (κ2) is 6.62. The largest absolute Gasteiger partial charge is 0.496 e. The maximum Gasteiger partial charge on any atom is 0.235 e. The molecule has 5 nitrogen and oxygen atoms in total. The van der Waals surface area contributed by atoms with Gasteiger partial charge in [0.25, 0.3) is 0 Å². The fraction of sp³-hybridized carbons (Fsp3) is 0.385. The van der Waals surface area contributed by atoms with Crippen LogP contribution in [-0.4, -0.2) is 38.6 Å². The van der Waals surface area contributed by atoms with Crippen LogP contribution in [0, 0.1) is 11.3 Å². The molecule has 5 heteroatoms. The Bertz CT molecular complexity index is 452. The highest BCUT2D eigenvalue weighted by Gasteiger charge is 2.17. The van der Waals surface area contributed by atoms with E-state index in [0.717, 1.165) is 0 Å². The Morgan fingerprint density at radius 2 is 2.17 bits per heavy atom. The quantitative estimate of drug-likeness (QED) is 0.841. The molecule has 0 unspecified atom stereocenters. The van der Waals surface area contributed by atoms with E-state index in [1.54, 1.807) is 37.2 Å². The number of hydrogen-bond donors (Lipinski definition) is 1. The normalized spacial score (nSPS) is 11.7. The number of benzene rings is 1. The van der Waals surface area contributed by atoms with Gasteiger partial charge in [0, 0.05) is 5.56 Å². The van der Waals surface area contributed by atoms with Crippen LogP contribution in [0.4, 0.5) is 0 Å². The number of para-hydroxylation sites is 1. The smallest absolute Gasteiger partial charge is 0.235 e. The van der Waals surface area contributed by atoms with Gasteiger partial charge < -0.3 is 15.0 Å². The van der Waals surface area contributed by atoms with Crippen molar-refractivity contribution in [3.05, 3.63) is 29.8 Å². The molecule has 0 aliphatic heterocycles. The van der Waals surface area contributed by atoms with Crippen LogP contribution in [-0.2, 0) is 4.79 Å². The molecule has 1 aromatic rings. The topological polar surface area (TPSA) is 65.4 Å². The van der Waals surface area contributed by atoms with Gasteiger partial charge in [0.2, 0.25) is 5.91 Å². The van der Waals surface area contributed by atoms with E-state index in [9.17, 15) is 4.79 Å². The first-order valence-electron chi connectivity index (χ1n) is 5.55. The van der Waals surface area contributed by atoms with Crippen LogP contribution in [0.2, 0.25) is 0 Å². The van der Waals surface area contributed by atoms with E-state index < -0.39 is 6.04 Å². The zero-order chi connectivity index (χ0) is 13.5. The molecule has 0 bridgehead atoms. The third-order valence-corrected chi connectivity index (χ3v) is 2.34. The molecule has 0 saturated heterocycles. The summed E-state index contributed by atoms with van der Waals surface area (Å²) in [6.45, 7) is 0.243. The predicted octanol–water partition coefficient (Wildman–Crippen LogP) is 0.938. The van der Waals surface area contributed by atoms with E-state index in [1.807, 2.05) is 6.07 Å². The number of amides is 1. The Morgan fingerprint density at radius 3 is 2.72 bits per heavy atom. The van der Waals surface area contributed by atoms with Gasteiger partial charge in [-0.25, -0.2) is 0 Å². The van der Waals surface area contributed by atoms with Crippen molar-refractivity contribution in [3.8, 4) is 11.8 Å². The van der Waals surface area contributed by atoms with Crippen molar-refractivity contribution >= 4 is 5.91 Å². The van der Waals surface area contributed by atoms with Crippen molar-refractivity contribution in [3.63, 3.8) is 0 Å². The summed E-state index contributed by atoms with van der Waals surface area (Å²) in [5.74, 6) is 0.395. The lowest BCUT2D eigenvalue weighted by molar-refractivity contribution is -0.122. The van der Waals surface area contributed by atoms with Crippen molar-refractivity contribution in [2.45, 2.75) is 6.04 Å². The number of hydrogen-bond acceptors (Lipinski definition) is 4. The number of nitrogens with one attached hydrogen (secondary N) is 1. The van der Waals surface area contributed by atoms with Crippen LogP contribution in [0.5, 0.6) is 5.75 Å². The minimum atomic E-state index is -0.700. The fourth-order valence-electron chi connectivity index (χ4n) is 1.58. The maximum atomic E-state index is 11.7. The molecule has 1 rings (SSSR count). The summed E-state index contributed by atoms with van der Waals surface area (Å²) >= 11 is 0. The molecule has 1 N–H and O–H groups in total. The van der Waals surface area contributed by atoms with E-state index >= 15 is 0 Å². The van der Waals surface area contributed by atoms with Crippen LogP contribution < -0.4 is 10.1 Å². The van der Waals surface area contributed by atoms with Gasteiger partial charge in [-0.2, -0.15) is 5.26 Å². The minimum Gasteiger partial charge on any atom is -0.496 e. The first-order chi connectivity index (χ1) is 8.58. The van der Waals surface area contributed by atoms with E-state index in [2.05, 4.69) is 11.4 Å². The van der Waals surface area contributed by atoms with Gasteiger partial charge in [-0.15, -0.1) is 0 Å². The van der Waals surface area contributed by atoms with Crippen LogP contribution in [0.1, 0.15) is 11.6 Å². The maximum absolute atomic E-state index is 11.7. The van der Waals surface area contributed by atoms with Crippen molar-refractivity contribution in [1.82, 2.24) is 10.2 Å². The number of rotatable bonds is 5. The van der Waals surface area contributed by atoms with Crippen molar-refractivity contribution < 1.29 is 9.53 Å². The first-order valence-corrected chi connectivity index (χ1v) is 5.55. The van der Waals surface area contributed by atoms with Gasteiger partial charge in [0.05, 0.1) is 19.7 Å². The molecular weight excluding hydrogens is 230 g/mol. The van der Waals surface area contributed by atoms with Gasteiger partial charge in [0.1, 0.15) is 11.8 Å². The lowest BCUT2D eigenvalue weighted by atomic mass is 10.1. The number of carbonyl (C=O) groups excluding carboxylic acids is 1. The minimum absolute atomic E-state index is 0.197. The van der Waals surface area contributed by atoms with Crippen LogP contribution >= 0.6 is 0 Å². The lowest BCUT2D eigenvalue weighted by Crippen LogP contribution is -2.35. The van der Waals surface area contributed by atoms with Gasteiger partial charge in [0.15, 0.2) is 0 Å². The molecule has 96 valence electrons. The van der Waals surface area contributed by atoms with E-state index in [0.29, 0.717) is 11.3 Å². The second-order valence-electron chi connectivity index (χ2n) is 4.11. The van der Waals surface area contributed by atoms with Crippen LogP contribution in [0.25, 0.3) is 0 Å². The Labute approximate surface area is 107 Å². The number of carbonyl (C=O) groups is 1. The van der Waals surface area contributed by atoms with Gasteiger partial charge in [-0.05, 0) is 20.2 Å². The fourth-order valence-corrected chi connectivity index (χ4v) is 1.58. The number of likely N-dealkylation sites (N-methyl/N-ethyl adjacent to an activating group) is 1. The monoisotopic (exact) mass is 247 g/mol. The molecule has 0 heterocycles. The average molecular weight is 247 g/mol.